The minimum atomic E-state index is -0.389. The molecule has 7 nitrogen and oxygen atoms in total. The average Bonchev–Trinajstić information content (AvgIpc) is 2.94. The second-order valence-corrected chi connectivity index (χ2v) is 4.84. The van der Waals surface area contributed by atoms with Crippen molar-refractivity contribution in [3.63, 3.8) is 0 Å². The van der Waals surface area contributed by atoms with Crippen LogP contribution in [0.5, 0.6) is 0 Å². The van der Waals surface area contributed by atoms with Crippen molar-refractivity contribution in [2.24, 2.45) is 0 Å². The molecule has 2 aromatic rings. The smallest absolute Gasteiger partial charge is 0.160 e. The van der Waals surface area contributed by atoms with Crippen LogP contribution in [-0.4, -0.2) is 40.8 Å². The van der Waals surface area contributed by atoms with Crippen LogP contribution in [0.2, 0.25) is 0 Å². The minimum absolute atomic E-state index is 0.0352. The van der Waals surface area contributed by atoms with E-state index in [4.69, 9.17) is 15.1 Å². The Hall–Kier alpha value is -1.86. The zero-order valence-electron chi connectivity index (χ0n) is 10.4. The molecule has 0 aliphatic carbocycles. The third-order valence-electron chi connectivity index (χ3n) is 3.60. The Balaban J connectivity index is 1.96. The fraction of sp³-hybridized carbons (Fsp3) is 0.500. The number of aliphatic hydroxyl groups excluding tert-OH is 1. The summed E-state index contributed by atoms with van der Waals surface area (Å²) in [7, 11) is 0. The Labute approximate surface area is 109 Å². The third-order valence-corrected chi connectivity index (χ3v) is 3.60. The van der Waals surface area contributed by atoms with E-state index in [1.807, 2.05) is 6.07 Å². The van der Waals surface area contributed by atoms with E-state index in [9.17, 15) is 5.11 Å². The fourth-order valence-electron chi connectivity index (χ4n) is 2.36. The van der Waals surface area contributed by atoms with Gasteiger partial charge in [-0.1, -0.05) is 0 Å². The van der Waals surface area contributed by atoms with Gasteiger partial charge in [-0.15, -0.1) is 0 Å². The average molecular weight is 264 g/mol. The Kier molecular flexibility index (Phi) is 3.00. The second-order valence-electron chi connectivity index (χ2n) is 4.84. The quantitative estimate of drug-likeness (QED) is 0.702. The van der Waals surface area contributed by atoms with E-state index in [-0.39, 0.29) is 12.1 Å². The first-order valence-corrected chi connectivity index (χ1v) is 6.22. The van der Waals surface area contributed by atoms with Crippen molar-refractivity contribution in [2.75, 3.05) is 30.9 Å². The van der Waals surface area contributed by atoms with E-state index < -0.39 is 0 Å². The number of rotatable bonds is 3. The largest absolute Gasteiger partial charge is 0.397 e. The predicted octanol–water partition coefficient (Wildman–Crippen LogP) is 0.758. The molecule has 1 saturated heterocycles. The number of aliphatic hydroxyl groups is 1. The highest BCUT2D eigenvalue weighted by molar-refractivity contribution is 5.95. The highest BCUT2D eigenvalue weighted by atomic mass is 16.6. The molecule has 0 radical (unpaired) electrons. The van der Waals surface area contributed by atoms with Gasteiger partial charge >= 0.3 is 0 Å². The second kappa shape index (κ2) is 4.67. The van der Waals surface area contributed by atoms with Crippen molar-refractivity contribution in [2.45, 2.75) is 18.4 Å². The Bertz CT molecular complexity index is 577. The molecular formula is C12H16N4O3. The fourth-order valence-corrected chi connectivity index (χ4v) is 2.36. The van der Waals surface area contributed by atoms with Gasteiger partial charge in [-0.25, -0.2) is 4.63 Å². The van der Waals surface area contributed by atoms with E-state index >= 15 is 0 Å². The van der Waals surface area contributed by atoms with Crippen molar-refractivity contribution in [3.8, 4) is 0 Å². The number of hydrogen-bond acceptors (Lipinski definition) is 7. The summed E-state index contributed by atoms with van der Waals surface area (Å²) in [4.78, 5) is 0. The molecule has 3 rings (SSSR count). The highest BCUT2D eigenvalue weighted by Gasteiger charge is 2.32. The molecule has 0 amide bonds. The molecule has 2 heterocycles. The zero-order chi connectivity index (χ0) is 13.3. The number of benzene rings is 1. The number of anilines is 2. The normalized spacial score (nSPS) is 18.6. The lowest BCUT2D eigenvalue weighted by atomic mass is 9.90. The first-order chi connectivity index (χ1) is 9.24. The molecule has 0 saturated carbocycles. The highest BCUT2D eigenvalue weighted by Crippen LogP contribution is 2.31. The monoisotopic (exact) mass is 264 g/mol. The standard InChI is InChI=1S/C12H16N4O3/c13-8-1-2-9(11-10(8)15-19-16-11)14-12(7-17)3-5-18-6-4-12/h1-2,14,17H,3-7,13H2. The van der Waals surface area contributed by atoms with Gasteiger partial charge in [-0.05, 0) is 35.3 Å². The molecule has 0 atom stereocenters. The maximum atomic E-state index is 9.68. The summed E-state index contributed by atoms with van der Waals surface area (Å²) < 4.78 is 10.1. The van der Waals surface area contributed by atoms with Gasteiger partial charge < -0.3 is 20.9 Å². The van der Waals surface area contributed by atoms with Gasteiger partial charge in [0.1, 0.15) is 0 Å². The van der Waals surface area contributed by atoms with E-state index in [0.29, 0.717) is 29.9 Å². The van der Waals surface area contributed by atoms with Crippen LogP contribution in [0.25, 0.3) is 11.0 Å². The van der Waals surface area contributed by atoms with Crippen LogP contribution in [0.1, 0.15) is 12.8 Å². The van der Waals surface area contributed by atoms with Crippen molar-refractivity contribution in [1.82, 2.24) is 10.3 Å². The molecule has 19 heavy (non-hydrogen) atoms. The molecular weight excluding hydrogens is 248 g/mol. The van der Waals surface area contributed by atoms with Crippen LogP contribution in [0.3, 0.4) is 0 Å². The summed E-state index contributed by atoms with van der Waals surface area (Å²) in [5, 5.41) is 20.7. The van der Waals surface area contributed by atoms with Crippen LogP contribution in [0.4, 0.5) is 11.4 Å². The maximum absolute atomic E-state index is 9.68. The lowest BCUT2D eigenvalue weighted by Gasteiger charge is -2.37. The molecule has 7 heteroatoms. The van der Waals surface area contributed by atoms with Crippen LogP contribution < -0.4 is 11.1 Å². The van der Waals surface area contributed by atoms with Crippen molar-refractivity contribution < 1.29 is 14.5 Å². The first kappa shape index (κ1) is 12.2. The van der Waals surface area contributed by atoms with Gasteiger partial charge in [0.2, 0.25) is 0 Å². The summed E-state index contributed by atoms with van der Waals surface area (Å²) in [6.07, 6.45) is 1.47. The topological polar surface area (TPSA) is 106 Å². The van der Waals surface area contributed by atoms with Crippen LogP contribution in [-0.2, 0) is 4.74 Å². The van der Waals surface area contributed by atoms with Crippen LogP contribution in [0, 0.1) is 0 Å². The van der Waals surface area contributed by atoms with Crippen molar-refractivity contribution in [3.05, 3.63) is 12.1 Å². The summed E-state index contributed by atoms with van der Waals surface area (Å²) >= 11 is 0. The number of nitrogens with two attached hydrogens (primary N) is 1. The predicted molar refractivity (Wildman–Crippen MR) is 69.7 cm³/mol. The molecule has 0 spiro atoms. The number of nitrogens with zero attached hydrogens (tertiary/aromatic N) is 2. The third kappa shape index (κ3) is 2.11. The molecule has 1 aliphatic rings. The summed E-state index contributed by atoms with van der Waals surface area (Å²) in [5.74, 6) is 0. The number of ether oxygens (including phenoxy) is 1. The van der Waals surface area contributed by atoms with Crippen molar-refractivity contribution in [1.29, 1.82) is 0 Å². The van der Waals surface area contributed by atoms with E-state index in [2.05, 4.69) is 15.6 Å². The van der Waals surface area contributed by atoms with Gasteiger partial charge in [-0.3, -0.25) is 0 Å². The van der Waals surface area contributed by atoms with Gasteiger partial charge in [0, 0.05) is 13.2 Å². The zero-order valence-corrected chi connectivity index (χ0v) is 10.4. The Morgan fingerprint density at radius 3 is 2.74 bits per heavy atom. The molecule has 4 N–H and O–H groups in total. The number of fused-ring (bicyclic) bond motifs is 1. The number of aromatic nitrogens is 2. The first-order valence-electron chi connectivity index (χ1n) is 6.22. The Morgan fingerprint density at radius 2 is 2.00 bits per heavy atom. The van der Waals surface area contributed by atoms with Crippen LogP contribution in [0.15, 0.2) is 16.8 Å². The Morgan fingerprint density at radius 1 is 1.26 bits per heavy atom. The van der Waals surface area contributed by atoms with Gasteiger partial charge in [0.25, 0.3) is 0 Å². The number of nitrogen functional groups attached to an aromatic ring is 1. The summed E-state index contributed by atoms with van der Waals surface area (Å²) in [6, 6.07) is 3.58. The lowest BCUT2D eigenvalue weighted by molar-refractivity contribution is 0.0380. The lowest BCUT2D eigenvalue weighted by Crippen LogP contribution is -2.46. The van der Waals surface area contributed by atoms with Gasteiger partial charge in [0.05, 0.1) is 23.5 Å². The maximum Gasteiger partial charge on any atom is 0.160 e. The number of nitrogens with one attached hydrogen (secondary N) is 1. The van der Waals surface area contributed by atoms with Gasteiger partial charge in [0.15, 0.2) is 11.0 Å². The minimum Gasteiger partial charge on any atom is -0.397 e. The van der Waals surface area contributed by atoms with E-state index in [0.717, 1.165) is 18.5 Å². The van der Waals surface area contributed by atoms with E-state index in [1.54, 1.807) is 6.07 Å². The van der Waals surface area contributed by atoms with E-state index in [1.165, 1.54) is 0 Å². The molecule has 1 aromatic carbocycles. The SMILES string of the molecule is Nc1ccc(NC2(CO)CCOCC2)c2nonc12. The van der Waals surface area contributed by atoms with Crippen molar-refractivity contribution >= 4 is 22.4 Å². The molecule has 1 aromatic heterocycles. The summed E-state index contributed by atoms with van der Waals surface area (Å²) in [6.45, 7) is 1.29. The molecule has 0 unspecified atom stereocenters. The summed E-state index contributed by atoms with van der Waals surface area (Å²) in [5.41, 5.74) is 7.82. The molecule has 102 valence electrons. The molecule has 1 fully saturated rings. The van der Waals surface area contributed by atoms with Crippen LogP contribution >= 0.6 is 0 Å². The van der Waals surface area contributed by atoms with Gasteiger partial charge in [-0.2, -0.15) is 0 Å². The molecule has 1 aliphatic heterocycles. The number of hydrogen-bond donors (Lipinski definition) is 3. The molecule has 0 bridgehead atoms.